The first-order valence-electron chi connectivity index (χ1n) is 5.94. The fraction of sp³-hybridized carbons (Fsp3) is 0.364. The molecule has 1 aliphatic heterocycles. The highest BCUT2D eigenvalue weighted by Gasteiger charge is 2.29. The Morgan fingerprint density at radius 3 is 2.67 bits per heavy atom. The van der Waals surface area contributed by atoms with Crippen LogP contribution in [0.25, 0.3) is 0 Å². The van der Waals surface area contributed by atoms with Gasteiger partial charge in [-0.25, -0.2) is 13.1 Å². The van der Waals surface area contributed by atoms with Gasteiger partial charge < -0.3 is 5.32 Å². The molecule has 8 nitrogen and oxygen atoms in total. The van der Waals surface area contributed by atoms with Crippen LogP contribution in [0.1, 0.15) is 12.0 Å². The van der Waals surface area contributed by atoms with Crippen LogP contribution in [0, 0.1) is 17.0 Å². The van der Waals surface area contributed by atoms with Gasteiger partial charge in [-0.1, -0.05) is 11.6 Å². The zero-order chi connectivity index (χ0) is 15.8. The summed E-state index contributed by atoms with van der Waals surface area (Å²) in [6, 6.07) is 1.58. The molecular formula is C11H12ClN3O5S. The zero-order valence-corrected chi connectivity index (χ0v) is 12.5. The van der Waals surface area contributed by atoms with Crippen molar-refractivity contribution < 1.29 is 18.1 Å². The molecule has 0 bridgehead atoms. The van der Waals surface area contributed by atoms with Gasteiger partial charge in [0.05, 0.1) is 9.82 Å². The van der Waals surface area contributed by atoms with Crippen LogP contribution in [0.15, 0.2) is 17.0 Å². The Morgan fingerprint density at radius 2 is 2.14 bits per heavy atom. The molecule has 1 saturated heterocycles. The van der Waals surface area contributed by atoms with Crippen molar-refractivity contribution in [3.8, 4) is 0 Å². The molecule has 114 valence electrons. The van der Waals surface area contributed by atoms with Crippen molar-refractivity contribution >= 4 is 33.2 Å². The second-order valence-electron chi connectivity index (χ2n) is 4.65. The number of halogens is 1. The summed E-state index contributed by atoms with van der Waals surface area (Å²) in [5.41, 5.74) is -0.196. The van der Waals surface area contributed by atoms with E-state index in [-0.39, 0.29) is 34.4 Å². The summed E-state index contributed by atoms with van der Waals surface area (Å²) in [6.07, 6.45) is 0.0357. The highest BCUT2D eigenvalue weighted by Crippen LogP contribution is 2.30. The van der Waals surface area contributed by atoms with Crippen LogP contribution in [0.2, 0.25) is 5.02 Å². The zero-order valence-electron chi connectivity index (χ0n) is 10.9. The monoisotopic (exact) mass is 333 g/mol. The molecule has 1 fully saturated rings. The van der Waals surface area contributed by atoms with Gasteiger partial charge in [-0.3, -0.25) is 14.9 Å². The molecule has 0 aromatic heterocycles. The second-order valence-corrected chi connectivity index (χ2v) is 6.74. The van der Waals surface area contributed by atoms with Crippen molar-refractivity contribution in [2.45, 2.75) is 24.3 Å². The predicted octanol–water partition coefficient (Wildman–Crippen LogP) is 0.723. The number of nitrogens with zero attached hydrogens (tertiary/aromatic N) is 1. The van der Waals surface area contributed by atoms with E-state index >= 15 is 0 Å². The fourth-order valence-corrected chi connectivity index (χ4v) is 3.81. The van der Waals surface area contributed by atoms with Gasteiger partial charge in [0.1, 0.15) is 5.02 Å². The number of nitrogens with one attached hydrogen (secondary N) is 2. The molecule has 0 saturated carbocycles. The molecule has 1 heterocycles. The summed E-state index contributed by atoms with van der Waals surface area (Å²) in [7, 11) is -3.98. The minimum atomic E-state index is -3.98. The molecule has 1 unspecified atom stereocenters. The summed E-state index contributed by atoms with van der Waals surface area (Å²) in [4.78, 5) is 21.0. The van der Waals surface area contributed by atoms with Crippen LogP contribution >= 0.6 is 11.6 Å². The second kappa shape index (κ2) is 5.58. The first-order valence-corrected chi connectivity index (χ1v) is 7.80. The third-order valence-electron chi connectivity index (χ3n) is 3.03. The van der Waals surface area contributed by atoms with E-state index in [2.05, 4.69) is 10.0 Å². The number of carbonyl (C=O) groups excluding carboxylic acids is 1. The lowest BCUT2D eigenvalue weighted by atomic mass is 10.2. The molecule has 10 heteroatoms. The number of nitro groups is 1. The van der Waals surface area contributed by atoms with E-state index in [0.717, 1.165) is 6.07 Å². The minimum absolute atomic E-state index is 0.0357. The summed E-state index contributed by atoms with van der Waals surface area (Å²) in [6.45, 7) is 1.68. The lowest BCUT2D eigenvalue weighted by molar-refractivity contribution is -0.384. The Balaban J connectivity index is 2.37. The van der Waals surface area contributed by atoms with Crippen molar-refractivity contribution in [3.05, 3.63) is 32.8 Å². The van der Waals surface area contributed by atoms with Crippen molar-refractivity contribution in [2.75, 3.05) is 6.54 Å². The number of amides is 1. The summed E-state index contributed by atoms with van der Waals surface area (Å²) >= 11 is 5.72. The molecule has 1 amide bonds. The molecular weight excluding hydrogens is 322 g/mol. The predicted molar refractivity (Wildman–Crippen MR) is 74.6 cm³/mol. The van der Waals surface area contributed by atoms with E-state index < -0.39 is 26.7 Å². The molecule has 1 aliphatic rings. The van der Waals surface area contributed by atoms with E-state index in [9.17, 15) is 23.3 Å². The number of benzene rings is 1. The first kappa shape index (κ1) is 15.7. The molecule has 0 spiro atoms. The highest BCUT2D eigenvalue weighted by atomic mass is 35.5. The lowest BCUT2D eigenvalue weighted by Gasteiger charge is -2.13. The average molecular weight is 334 g/mol. The molecule has 2 N–H and O–H groups in total. The fourth-order valence-electron chi connectivity index (χ4n) is 2.04. The Kier molecular flexibility index (Phi) is 4.17. The summed E-state index contributed by atoms with van der Waals surface area (Å²) < 4.78 is 26.9. The van der Waals surface area contributed by atoms with Gasteiger partial charge in [0.15, 0.2) is 0 Å². The van der Waals surface area contributed by atoms with Crippen LogP contribution in [0.4, 0.5) is 5.69 Å². The van der Waals surface area contributed by atoms with E-state index in [0.29, 0.717) is 0 Å². The smallest absolute Gasteiger partial charge is 0.289 e. The van der Waals surface area contributed by atoms with Crippen LogP contribution in [-0.4, -0.2) is 31.8 Å². The highest BCUT2D eigenvalue weighted by molar-refractivity contribution is 7.89. The van der Waals surface area contributed by atoms with Crippen LogP contribution in [-0.2, 0) is 14.8 Å². The van der Waals surface area contributed by atoms with E-state index in [1.807, 2.05) is 0 Å². The van der Waals surface area contributed by atoms with Gasteiger partial charge in [0, 0.05) is 25.1 Å². The lowest BCUT2D eigenvalue weighted by Crippen LogP contribution is -2.36. The van der Waals surface area contributed by atoms with Crippen molar-refractivity contribution in [3.63, 3.8) is 0 Å². The van der Waals surface area contributed by atoms with Crippen LogP contribution in [0.5, 0.6) is 0 Å². The van der Waals surface area contributed by atoms with E-state index in [1.54, 1.807) is 0 Å². The molecule has 1 aromatic rings. The average Bonchev–Trinajstić information content (AvgIpc) is 2.72. The largest absolute Gasteiger partial charge is 0.354 e. The van der Waals surface area contributed by atoms with Gasteiger partial charge >= 0.3 is 0 Å². The Bertz CT molecular complexity index is 719. The Hall–Kier alpha value is -1.71. The Morgan fingerprint density at radius 1 is 1.48 bits per heavy atom. The van der Waals surface area contributed by atoms with Gasteiger partial charge in [-0.15, -0.1) is 0 Å². The molecule has 1 aromatic carbocycles. The number of hydrogen-bond donors (Lipinski definition) is 2. The van der Waals surface area contributed by atoms with Gasteiger partial charge in [-0.05, 0) is 18.6 Å². The van der Waals surface area contributed by atoms with Gasteiger partial charge in [-0.2, -0.15) is 0 Å². The molecule has 1 atom stereocenters. The molecule has 21 heavy (non-hydrogen) atoms. The van der Waals surface area contributed by atoms with Gasteiger partial charge in [0.25, 0.3) is 5.69 Å². The van der Waals surface area contributed by atoms with Crippen molar-refractivity contribution in [1.29, 1.82) is 0 Å². The van der Waals surface area contributed by atoms with E-state index in [1.165, 1.54) is 13.0 Å². The number of aryl methyl sites for hydroxylation is 1. The maximum absolute atomic E-state index is 12.3. The number of hydrogen-bond acceptors (Lipinski definition) is 5. The number of rotatable bonds is 4. The third kappa shape index (κ3) is 3.31. The maximum atomic E-state index is 12.3. The van der Waals surface area contributed by atoms with E-state index in [4.69, 9.17) is 11.6 Å². The third-order valence-corrected chi connectivity index (χ3v) is 5.00. The van der Waals surface area contributed by atoms with Crippen molar-refractivity contribution in [1.82, 2.24) is 10.0 Å². The number of sulfonamides is 1. The maximum Gasteiger partial charge on any atom is 0.289 e. The van der Waals surface area contributed by atoms with Gasteiger partial charge in [0.2, 0.25) is 15.9 Å². The van der Waals surface area contributed by atoms with Crippen LogP contribution in [0.3, 0.4) is 0 Å². The first-order chi connectivity index (χ1) is 9.70. The quantitative estimate of drug-likeness (QED) is 0.621. The standard InChI is InChI=1S/C11H12ClN3O5S/c1-6-2-8(12)9(15(17)18)4-10(6)21(19,20)14-7-3-11(16)13-5-7/h2,4,7,14H,3,5H2,1H3,(H,13,16). The summed E-state index contributed by atoms with van der Waals surface area (Å²) in [5.74, 6) is -0.249. The number of carbonyl (C=O) groups is 1. The SMILES string of the molecule is Cc1cc(Cl)c([N+](=O)[O-])cc1S(=O)(=O)NC1CNC(=O)C1. The number of nitro benzene ring substituents is 1. The summed E-state index contributed by atoms with van der Waals surface area (Å²) in [5, 5.41) is 13.2. The van der Waals surface area contributed by atoms with Crippen molar-refractivity contribution in [2.24, 2.45) is 0 Å². The minimum Gasteiger partial charge on any atom is -0.354 e. The normalized spacial score (nSPS) is 18.6. The Labute approximate surface area is 125 Å². The molecule has 0 aliphatic carbocycles. The molecule has 2 rings (SSSR count). The van der Waals surface area contributed by atoms with Crippen LogP contribution < -0.4 is 10.0 Å². The topological polar surface area (TPSA) is 118 Å². The molecule has 0 radical (unpaired) electrons.